The number of hydrazone groups is 1. The number of nitrogens with zero attached hydrogens (tertiary/aromatic N) is 3. The van der Waals surface area contributed by atoms with Crippen molar-refractivity contribution in [3.63, 3.8) is 0 Å². The highest BCUT2D eigenvalue weighted by atomic mass is 16.5. The van der Waals surface area contributed by atoms with Crippen LogP contribution in [0.15, 0.2) is 11.2 Å². The van der Waals surface area contributed by atoms with E-state index in [4.69, 9.17) is 4.74 Å². The second kappa shape index (κ2) is 8.79. The molecule has 3 aliphatic rings. The van der Waals surface area contributed by atoms with Crippen LogP contribution >= 0.6 is 0 Å². The molecule has 3 aliphatic heterocycles. The average Bonchev–Trinajstić information content (AvgIpc) is 3.19. The summed E-state index contributed by atoms with van der Waals surface area (Å²) in [5.74, 6) is 1.02. The molecule has 4 N–H and O–H groups in total. The minimum atomic E-state index is -0.571. The quantitative estimate of drug-likeness (QED) is 0.521. The number of carbonyl (C=O) groups excluding carboxylic acids is 1. The minimum absolute atomic E-state index is 0.135. The lowest BCUT2D eigenvalue weighted by atomic mass is 10.00. The van der Waals surface area contributed by atoms with Gasteiger partial charge in [0, 0.05) is 37.7 Å². The Kier molecular flexibility index (Phi) is 6.12. The maximum absolute atomic E-state index is 13.0. The molecule has 3 heterocycles. The van der Waals surface area contributed by atoms with Crippen molar-refractivity contribution in [1.82, 2.24) is 20.5 Å². The summed E-state index contributed by atoms with van der Waals surface area (Å²) in [6, 6.07) is 2.05. The topological polar surface area (TPSA) is 110 Å². The van der Waals surface area contributed by atoms with Crippen LogP contribution in [-0.4, -0.2) is 83.5 Å². The monoisotopic (exact) mass is 417 g/mol. The van der Waals surface area contributed by atoms with Gasteiger partial charge in [0.2, 0.25) is 0 Å². The van der Waals surface area contributed by atoms with E-state index in [1.54, 1.807) is 5.01 Å². The number of carbonyl (C=O) groups is 1. The van der Waals surface area contributed by atoms with Crippen molar-refractivity contribution in [2.24, 2.45) is 5.10 Å². The molecule has 1 saturated heterocycles. The van der Waals surface area contributed by atoms with Gasteiger partial charge >= 0.3 is 0 Å². The highest BCUT2D eigenvalue weighted by Crippen LogP contribution is 2.38. The molecule has 0 spiro atoms. The Morgan fingerprint density at radius 2 is 2.27 bits per heavy atom. The van der Waals surface area contributed by atoms with Crippen molar-refractivity contribution < 1.29 is 19.7 Å². The number of amidine groups is 1. The molecule has 9 nitrogen and oxygen atoms in total. The van der Waals surface area contributed by atoms with Crippen molar-refractivity contribution in [1.29, 1.82) is 0 Å². The van der Waals surface area contributed by atoms with Crippen molar-refractivity contribution in [2.75, 3.05) is 39.4 Å². The molecule has 30 heavy (non-hydrogen) atoms. The molecule has 0 saturated carbocycles. The molecule has 4 rings (SSSR count). The van der Waals surface area contributed by atoms with E-state index in [1.165, 1.54) is 0 Å². The standard InChI is InChI=1S/C21H31N5O4/c1-3-26-20(22-14-5-4-7-25(12-14)8-9-27)21(29)23-19(24-26)17-13(2)11-16-15(18(17)28)6-10-30-16/h11,14,20,22,27-28H,3-10,12H2,1-2H3,(H,23,24,29)/t14-,20?/m1/s1. The van der Waals surface area contributed by atoms with Crippen LogP contribution in [0, 0.1) is 6.92 Å². The zero-order valence-corrected chi connectivity index (χ0v) is 17.6. The van der Waals surface area contributed by atoms with Gasteiger partial charge in [0.1, 0.15) is 11.5 Å². The summed E-state index contributed by atoms with van der Waals surface area (Å²) in [6.45, 7) is 7.48. The number of hydrogen-bond acceptors (Lipinski definition) is 8. The number of amides is 1. The van der Waals surface area contributed by atoms with Crippen molar-refractivity contribution in [2.45, 2.75) is 45.3 Å². The van der Waals surface area contributed by atoms with Crippen LogP contribution in [0.5, 0.6) is 11.5 Å². The number of fused-ring (bicyclic) bond motifs is 1. The Labute approximate surface area is 176 Å². The Hall–Kier alpha value is -2.36. The SMILES string of the molecule is CCN1N=C(c2c(C)cc3c(c2O)CCO3)NC(=O)C1N[C@@H]1CCCN(CCO)C1. The number of benzene rings is 1. The van der Waals surface area contributed by atoms with E-state index < -0.39 is 6.17 Å². The number of piperidine rings is 1. The summed E-state index contributed by atoms with van der Waals surface area (Å²) < 4.78 is 5.57. The first kappa shape index (κ1) is 20.9. The number of aliphatic hydroxyl groups excluding tert-OH is 1. The smallest absolute Gasteiger partial charge is 0.264 e. The number of phenolic OH excluding ortho intramolecular Hbond substituents is 1. The molecule has 1 amide bonds. The zero-order chi connectivity index (χ0) is 21.3. The van der Waals surface area contributed by atoms with E-state index >= 15 is 0 Å². The summed E-state index contributed by atoms with van der Waals surface area (Å²) in [4.78, 5) is 15.2. The molecule has 0 bridgehead atoms. The molecule has 1 fully saturated rings. The summed E-state index contributed by atoms with van der Waals surface area (Å²) in [7, 11) is 0. The summed E-state index contributed by atoms with van der Waals surface area (Å²) in [5, 5.41) is 32.8. The van der Waals surface area contributed by atoms with Gasteiger partial charge in [-0.1, -0.05) is 0 Å². The van der Waals surface area contributed by atoms with E-state index in [0.29, 0.717) is 43.3 Å². The molecule has 164 valence electrons. The minimum Gasteiger partial charge on any atom is -0.507 e. The van der Waals surface area contributed by atoms with E-state index in [2.05, 4.69) is 20.6 Å². The number of aryl methyl sites for hydroxylation is 1. The van der Waals surface area contributed by atoms with Gasteiger partial charge in [0.25, 0.3) is 5.91 Å². The highest BCUT2D eigenvalue weighted by Gasteiger charge is 2.35. The lowest BCUT2D eigenvalue weighted by molar-refractivity contribution is -0.127. The van der Waals surface area contributed by atoms with Crippen molar-refractivity contribution in [3.05, 3.63) is 22.8 Å². The van der Waals surface area contributed by atoms with E-state index in [1.807, 2.05) is 19.9 Å². The predicted octanol–water partition coefficient (Wildman–Crippen LogP) is 0.121. The second-order valence-electron chi connectivity index (χ2n) is 8.12. The molecular formula is C21H31N5O4. The van der Waals surface area contributed by atoms with Crippen LogP contribution in [0.2, 0.25) is 0 Å². The van der Waals surface area contributed by atoms with Crippen LogP contribution < -0.4 is 15.4 Å². The van der Waals surface area contributed by atoms with E-state index in [9.17, 15) is 15.0 Å². The average molecular weight is 418 g/mol. The number of aromatic hydroxyl groups is 1. The first-order valence-corrected chi connectivity index (χ1v) is 10.8. The normalized spacial score (nSPS) is 24.3. The fourth-order valence-corrected chi connectivity index (χ4v) is 4.56. The largest absolute Gasteiger partial charge is 0.507 e. The van der Waals surface area contributed by atoms with Gasteiger partial charge in [-0.2, -0.15) is 5.10 Å². The Morgan fingerprint density at radius 3 is 3.03 bits per heavy atom. The third-order valence-electron chi connectivity index (χ3n) is 6.06. The fourth-order valence-electron chi connectivity index (χ4n) is 4.56. The first-order valence-electron chi connectivity index (χ1n) is 10.8. The number of likely N-dealkylation sites (tertiary alicyclic amines) is 1. The number of phenols is 1. The van der Waals surface area contributed by atoms with Gasteiger partial charge in [0.15, 0.2) is 12.0 Å². The van der Waals surface area contributed by atoms with E-state index in [-0.39, 0.29) is 24.3 Å². The molecule has 9 heteroatoms. The predicted molar refractivity (Wildman–Crippen MR) is 113 cm³/mol. The zero-order valence-electron chi connectivity index (χ0n) is 17.6. The number of hydrogen-bond donors (Lipinski definition) is 4. The van der Waals surface area contributed by atoms with Gasteiger partial charge in [-0.05, 0) is 44.9 Å². The number of likely N-dealkylation sites (N-methyl/N-ethyl adjacent to an activating group) is 1. The molecule has 0 aliphatic carbocycles. The molecule has 1 aromatic rings. The number of rotatable bonds is 6. The molecule has 0 aromatic heterocycles. The summed E-state index contributed by atoms with van der Waals surface area (Å²) in [6.07, 6.45) is 2.07. The number of ether oxygens (including phenoxy) is 1. The van der Waals surface area contributed by atoms with Crippen molar-refractivity contribution >= 4 is 11.7 Å². The van der Waals surface area contributed by atoms with Crippen LogP contribution in [-0.2, 0) is 11.2 Å². The maximum Gasteiger partial charge on any atom is 0.264 e. The first-order chi connectivity index (χ1) is 14.5. The van der Waals surface area contributed by atoms with Gasteiger partial charge in [-0.3, -0.25) is 20.0 Å². The third kappa shape index (κ3) is 3.97. The lowest BCUT2D eigenvalue weighted by Crippen LogP contribution is -2.62. The number of β-amino-alcohol motifs (C(OH)–C–C–N with tert-alkyl or cyclic N) is 1. The van der Waals surface area contributed by atoms with Gasteiger partial charge in [0.05, 0.1) is 18.8 Å². The van der Waals surface area contributed by atoms with Crippen LogP contribution in [0.1, 0.15) is 36.5 Å². The maximum atomic E-state index is 13.0. The third-order valence-corrected chi connectivity index (χ3v) is 6.06. The lowest BCUT2D eigenvalue weighted by Gasteiger charge is -2.39. The highest BCUT2D eigenvalue weighted by molar-refractivity contribution is 6.12. The van der Waals surface area contributed by atoms with Crippen LogP contribution in [0.4, 0.5) is 0 Å². The Morgan fingerprint density at radius 1 is 1.43 bits per heavy atom. The molecular weight excluding hydrogens is 386 g/mol. The van der Waals surface area contributed by atoms with Gasteiger partial charge in [-0.25, -0.2) is 0 Å². The van der Waals surface area contributed by atoms with Gasteiger partial charge < -0.3 is 20.3 Å². The summed E-state index contributed by atoms with van der Waals surface area (Å²) >= 11 is 0. The van der Waals surface area contributed by atoms with Crippen LogP contribution in [0.25, 0.3) is 0 Å². The Balaban J connectivity index is 1.55. The Bertz CT molecular complexity index is 841. The van der Waals surface area contributed by atoms with Crippen LogP contribution in [0.3, 0.4) is 0 Å². The second-order valence-corrected chi connectivity index (χ2v) is 8.12. The number of nitrogens with one attached hydrogen (secondary N) is 2. The fraction of sp³-hybridized carbons (Fsp3) is 0.619. The molecule has 2 atom stereocenters. The molecule has 1 aromatic carbocycles. The van der Waals surface area contributed by atoms with Crippen molar-refractivity contribution in [3.8, 4) is 11.5 Å². The molecule has 1 unspecified atom stereocenters. The number of aliphatic hydroxyl groups is 1. The molecule has 0 radical (unpaired) electrons. The van der Waals surface area contributed by atoms with Gasteiger partial charge in [-0.15, -0.1) is 0 Å². The summed E-state index contributed by atoms with van der Waals surface area (Å²) in [5.41, 5.74) is 2.12. The van der Waals surface area contributed by atoms with E-state index in [0.717, 1.165) is 37.1 Å².